The Morgan fingerprint density at radius 3 is 2.36 bits per heavy atom. The van der Waals surface area contributed by atoms with Crippen LogP contribution in [-0.4, -0.2) is 24.2 Å². The van der Waals surface area contributed by atoms with E-state index < -0.39 is 5.63 Å². The zero-order valence-electron chi connectivity index (χ0n) is 18.6. The van der Waals surface area contributed by atoms with Crippen molar-refractivity contribution in [2.24, 2.45) is 0 Å². The Morgan fingerprint density at radius 1 is 1.00 bits per heavy atom. The highest BCUT2D eigenvalue weighted by atomic mass is 19.1. The Balaban J connectivity index is 1.38. The van der Waals surface area contributed by atoms with Gasteiger partial charge in [0.2, 0.25) is 5.88 Å². The van der Waals surface area contributed by atoms with E-state index in [1.165, 1.54) is 18.2 Å². The highest BCUT2D eigenvalue weighted by Gasteiger charge is 2.10. The van der Waals surface area contributed by atoms with E-state index in [1.54, 1.807) is 30.5 Å². The monoisotopic (exact) mass is 453 g/mol. The van der Waals surface area contributed by atoms with Gasteiger partial charge >= 0.3 is 11.6 Å². The van der Waals surface area contributed by atoms with Gasteiger partial charge in [-0.15, -0.1) is 0 Å². The Morgan fingerprint density at radius 2 is 1.67 bits per heavy atom. The maximum atomic E-state index is 13.1. The van der Waals surface area contributed by atoms with Crippen molar-refractivity contribution < 1.29 is 23.1 Å². The quantitative estimate of drug-likeness (QED) is 0.184. The Hall–Kier alpha value is -3.48. The molecule has 0 bridgehead atoms. The number of hydrogen-bond donors (Lipinski definition) is 0. The van der Waals surface area contributed by atoms with Gasteiger partial charge in [0.05, 0.1) is 18.8 Å². The highest BCUT2D eigenvalue weighted by Crippen LogP contribution is 2.23. The fourth-order valence-electron chi connectivity index (χ4n) is 3.40. The number of ether oxygens (including phenoxy) is 2. The number of pyridine rings is 1. The average molecular weight is 454 g/mol. The molecule has 1 aromatic carbocycles. The van der Waals surface area contributed by atoms with Crippen molar-refractivity contribution in [1.82, 2.24) is 4.98 Å². The lowest BCUT2D eigenvalue weighted by atomic mass is 10.1. The second-order valence-electron chi connectivity index (χ2n) is 7.71. The molecular weight excluding hydrogens is 425 g/mol. The first-order valence-electron chi connectivity index (χ1n) is 11.2. The van der Waals surface area contributed by atoms with E-state index >= 15 is 0 Å². The summed E-state index contributed by atoms with van der Waals surface area (Å²) in [5.74, 6) is -0.321. The number of unbranched alkanes of at least 4 members (excludes halogenated alkanes) is 6. The van der Waals surface area contributed by atoms with Crippen LogP contribution >= 0.6 is 0 Å². The van der Waals surface area contributed by atoms with Crippen molar-refractivity contribution in [3.63, 3.8) is 0 Å². The summed E-state index contributed by atoms with van der Waals surface area (Å²) in [6, 6.07) is 8.99. The first-order valence-corrected chi connectivity index (χ1v) is 11.2. The van der Waals surface area contributed by atoms with Gasteiger partial charge in [-0.2, -0.15) is 0 Å². The molecule has 0 atom stereocenters. The predicted molar refractivity (Wildman–Crippen MR) is 125 cm³/mol. The molecule has 0 aliphatic heterocycles. The Kier molecular flexibility index (Phi) is 9.18. The number of rotatable bonds is 13. The maximum absolute atomic E-state index is 13.1. The van der Waals surface area contributed by atoms with Crippen molar-refractivity contribution in [3.05, 3.63) is 71.5 Å². The van der Waals surface area contributed by atoms with E-state index in [0.29, 0.717) is 41.2 Å². The number of carbonyl (C=O) groups excluding carboxylic acids is 1. The van der Waals surface area contributed by atoms with Crippen molar-refractivity contribution in [2.75, 3.05) is 13.2 Å². The van der Waals surface area contributed by atoms with Crippen LogP contribution in [0.15, 0.2) is 64.5 Å². The lowest BCUT2D eigenvalue weighted by molar-refractivity contribution is -0.137. The van der Waals surface area contributed by atoms with Crippen LogP contribution in [0.25, 0.3) is 22.1 Å². The summed E-state index contributed by atoms with van der Waals surface area (Å²) in [6.07, 6.45) is 10.0. The number of nitrogens with zero attached hydrogens (tertiary/aromatic N) is 1. The fourth-order valence-corrected chi connectivity index (χ4v) is 3.40. The first-order chi connectivity index (χ1) is 16.1. The minimum atomic E-state index is -0.495. The molecule has 0 aliphatic rings. The van der Waals surface area contributed by atoms with Crippen molar-refractivity contribution in [2.45, 2.75) is 44.9 Å². The van der Waals surface area contributed by atoms with Crippen LogP contribution in [-0.2, 0) is 9.53 Å². The normalized spacial score (nSPS) is 10.8. The summed E-state index contributed by atoms with van der Waals surface area (Å²) in [5, 5.41) is 0.667. The largest absolute Gasteiger partial charge is 0.478 e. The van der Waals surface area contributed by atoms with E-state index in [2.05, 4.69) is 11.6 Å². The third kappa shape index (κ3) is 7.56. The molecule has 0 fully saturated rings. The fraction of sp³-hybridized carbons (Fsp3) is 0.346. The molecule has 6 nitrogen and oxygen atoms in total. The molecule has 0 radical (unpaired) electrons. The number of benzene rings is 1. The summed E-state index contributed by atoms with van der Waals surface area (Å²) in [6.45, 7) is 4.35. The Bertz CT molecular complexity index is 1120. The van der Waals surface area contributed by atoms with E-state index in [-0.39, 0.29) is 11.8 Å². The predicted octanol–water partition coefficient (Wildman–Crippen LogP) is 5.83. The van der Waals surface area contributed by atoms with Crippen LogP contribution in [0.1, 0.15) is 44.9 Å². The van der Waals surface area contributed by atoms with Crippen LogP contribution in [0.3, 0.4) is 0 Å². The molecule has 2 aromatic heterocycles. The van der Waals surface area contributed by atoms with E-state index in [4.69, 9.17) is 13.9 Å². The summed E-state index contributed by atoms with van der Waals surface area (Å²) >= 11 is 0. The third-order valence-corrected chi connectivity index (χ3v) is 5.20. The minimum absolute atomic E-state index is 0.357. The SMILES string of the molecule is C=CC(=O)OCCCCCCCCCOc1cc2oc(=O)c(-c3ccc(F)cc3)cc2cn1. The molecule has 3 rings (SSSR count). The summed E-state index contributed by atoms with van der Waals surface area (Å²) in [4.78, 5) is 27.6. The molecule has 3 aromatic rings. The summed E-state index contributed by atoms with van der Waals surface area (Å²) in [7, 11) is 0. The molecule has 0 amide bonds. The lowest BCUT2D eigenvalue weighted by Gasteiger charge is -2.07. The van der Waals surface area contributed by atoms with Gasteiger partial charge < -0.3 is 13.9 Å². The van der Waals surface area contributed by atoms with Crippen LogP contribution < -0.4 is 10.4 Å². The molecule has 33 heavy (non-hydrogen) atoms. The second kappa shape index (κ2) is 12.5. The van der Waals surface area contributed by atoms with Crippen molar-refractivity contribution >= 4 is 16.9 Å². The first kappa shape index (κ1) is 24.2. The molecule has 2 heterocycles. The average Bonchev–Trinajstić information content (AvgIpc) is 2.82. The number of esters is 1. The van der Waals surface area contributed by atoms with E-state index in [9.17, 15) is 14.0 Å². The number of hydrogen-bond acceptors (Lipinski definition) is 6. The van der Waals surface area contributed by atoms with Gasteiger partial charge in [-0.25, -0.2) is 19.0 Å². The number of aromatic nitrogens is 1. The van der Waals surface area contributed by atoms with Crippen molar-refractivity contribution in [1.29, 1.82) is 0 Å². The van der Waals surface area contributed by atoms with Crippen molar-refractivity contribution in [3.8, 4) is 17.0 Å². The van der Waals surface area contributed by atoms with Crippen LogP contribution in [0.4, 0.5) is 4.39 Å². The van der Waals surface area contributed by atoms with Crippen LogP contribution in [0, 0.1) is 5.82 Å². The van der Waals surface area contributed by atoms with Gasteiger partial charge in [-0.05, 0) is 36.6 Å². The topological polar surface area (TPSA) is 78.6 Å². The van der Waals surface area contributed by atoms with Gasteiger partial charge in [-0.1, -0.05) is 50.8 Å². The molecular formula is C26H28FNO5. The number of carbonyl (C=O) groups is 1. The zero-order chi connectivity index (χ0) is 23.5. The molecule has 0 unspecified atom stereocenters. The molecule has 0 N–H and O–H groups in total. The summed E-state index contributed by atoms with van der Waals surface area (Å²) < 4.78 is 29.2. The van der Waals surface area contributed by atoms with Crippen LogP contribution in [0.5, 0.6) is 5.88 Å². The molecule has 0 saturated carbocycles. The van der Waals surface area contributed by atoms with Gasteiger partial charge in [0, 0.05) is 23.7 Å². The molecule has 174 valence electrons. The standard InChI is InChI=1S/C26H28FNO5/c1-2-25(29)32-15-9-7-5-3-4-6-8-14-31-24-17-23-20(18-28-24)16-22(26(30)33-23)19-10-12-21(27)13-11-19/h2,10-13,16-18H,1,3-9,14-15H2. The zero-order valence-corrected chi connectivity index (χ0v) is 18.6. The number of fused-ring (bicyclic) bond motifs is 1. The van der Waals surface area contributed by atoms with Gasteiger partial charge in [0.15, 0.2) is 0 Å². The smallest absolute Gasteiger partial charge is 0.344 e. The van der Waals surface area contributed by atoms with E-state index in [0.717, 1.165) is 44.9 Å². The Labute approximate surface area is 192 Å². The molecule has 0 aliphatic carbocycles. The highest BCUT2D eigenvalue weighted by molar-refractivity contribution is 5.81. The molecule has 0 spiro atoms. The third-order valence-electron chi connectivity index (χ3n) is 5.20. The number of halogens is 1. The molecule has 7 heteroatoms. The maximum Gasteiger partial charge on any atom is 0.344 e. The van der Waals surface area contributed by atoms with Crippen LogP contribution in [0.2, 0.25) is 0 Å². The summed E-state index contributed by atoms with van der Waals surface area (Å²) in [5.41, 5.74) is 0.846. The minimum Gasteiger partial charge on any atom is -0.478 e. The van der Waals surface area contributed by atoms with Gasteiger partial charge in [0.1, 0.15) is 11.4 Å². The van der Waals surface area contributed by atoms with E-state index in [1.807, 2.05) is 0 Å². The van der Waals surface area contributed by atoms with Gasteiger partial charge in [0.25, 0.3) is 0 Å². The second-order valence-corrected chi connectivity index (χ2v) is 7.71. The van der Waals surface area contributed by atoms with Gasteiger partial charge in [-0.3, -0.25) is 0 Å². The molecule has 0 saturated heterocycles. The lowest BCUT2D eigenvalue weighted by Crippen LogP contribution is -2.04.